The Balaban J connectivity index is 1.84. The van der Waals surface area contributed by atoms with E-state index in [4.69, 9.17) is 4.52 Å². The van der Waals surface area contributed by atoms with E-state index >= 15 is 0 Å². The molecule has 1 aromatic heterocycles. The van der Waals surface area contributed by atoms with Crippen molar-refractivity contribution in [1.82, 2.24) is 10.1 Å². The highest BCUT2D eigenvalue weighted by atomic mass is 32.1. The van der Waals surface area contributed by atoms with Crippen LogP contribution in [0.5, 0.6) is 5.75 Å². The normalized spacial score (nSPS) is 12.8. The van der Waals surface area contributed by atoms with E-state index in [1.54, 1.807) is 66.2 Å². The van der Waals surface area contributed by atoms with Gasteiger partial charge in [-0.1, -0.05) is 36.4 Å². The first-order valence-corrected chi connectivity index (χ1v) is 9.55. The van der Waals surface area contributed by atoms with E-state index in [1.807, 2.05) is 6.07 Å². The van der Waals surface area contributed by atoms with Crippen LogP contribution in [-0.2, 0) is 4.57 Å². The summed E-state index contributed by atoms with van der Waals surface area (Å²) in [7, 11) is -3.75. The largest absolute Gasteiger partial charge is 0.448 e. The minimum absolute atomic E-state index is 0.373. The summed E-state index contributed by atoms with van der Waals surface area (Å²) in [6.45, 7) is 0. The lowest BCUT2D eigenvalue weighted by molar-refractivity contribution is 0.0978. The van der Waals surface area contributed by atoms with Gasteiger partial charge in [-0.2, -0.15) is 0 Å². The first-order chi connectivity index (χ1) is 11.6. The average molecular weight is 359 g/mol. The van der Waals surface area contributed by atoms with E-state index in [0.29, 0.717) is 16.4 Å². The molecular weight excluding hydrogens is 345 g/mol. The first kappa shape index (κ1) is 16.2. The highest BCUT2D eigenvalue weighted by Gasteiger charge is 2.29. The fourth-order valence-electron chi connectivity index (χ4n) is 1.90. The van der Waals surface area contributed by atoms with E-state index in [1.165, 1.54) is 11.3 Å². The maximum absolute atomic E-state index is 13.1. The fourth-order valence-corrected chi connectivity index (χ4v) is 4.11. The van der Waals surface area contributed by atoms with Crippen molar-refractivity contribution in [2.24, 2.45) is 0 Å². The van der Waals surface area contributed by atoms with Gasteiger partial charge in [-0.05, 0) is 24.3 Å². The van der Waals surface area contributed by atoms with Gasteiger partial charge in [-0.3, -0.25) is 15.0 Å². The van der Waals surface area contributed by atoms with Crippen LogP contribution in [0.1, 0.15) is 10.4 Å². The molecular formula is C16H14N3O3PS. The van der Waals surface area contributed by atoms with Gasteiger partial charge in [0, 0.05) is 17.1 Å². The van der Waals surface area contributed by atoms with Gasteiger partial charge in [-0.25, -0.2) is 9.55 Å². The quantitative estimate of drug-likeness (QED) is 0.646. The van der Waals surface area contributed by atoms with Gasteiger partial charge in [0.15, 0.2) is 5.13 Å². The van der Waals surface area contributed by atoms with Crippen LogP contribution in [-0.4, -0.2) is 10.9 Å². The maximum Gasteiger partial charge on any atom is 0.448 e. The Hall–Kier alpha value is -2.63. The lowest BCUT2D eigenvalue weighted by Crippen LogP contribution is -2.26. The van der Waals surface area contributed by atoms with Crippen molar-refractivity contribution in [2.75, 3.05) is 5.09 Å². The Bertz CT molecular complexity index is 842. The molecule has 1 heterocycles. The number of carbonyl (C=O) groups is 1. The topological polar surface area (TPSA) is 80.3 Å². The summed E-state index contributed by atoms with van der Waals surface area (Å²) in [6, 6.07) is 17.1. The van der Waals surface area contributed by atoms with Crippen molar-refractivity contribution in [3.05, 3.63) is 77.8 Å². The van der Waals surface area contributed by atoms with Crippen molar-refractivity contribution in [1.29, 1.82) is 0 Å². The Kier molecular flexibility index (Phi) is 4.93. The molecule has 1 atom stereocenters. The van der Waals surface area contributed by atoms with Gasteiger partial charge in [-0.15, -0.1) is 11.3 Å². The van der Waals surface area contributed by atoms with Gasteiger partial charge in [0.2, 0.25) is 0 Å². The van der Waals surface area contributed by atoms with Gasteiger partial charge in [0.1, 0.15) is 5.75 Å². The molecule has 2 N–H and O–H groups in total. The zero-order valence-corrected chi connectivity index (χ0v) is 14.2. The van der Waals surface area contributed by atoms with E-state index in [-0.39, 0.29) is 0 Å². The molecule has 0 aliphatic carbocycles. The maximum atomic E-state index is 13.1. The fraction of sp³-hybridized carbons (Fsp3) is 0. The molecule has 3 aromatic rings. The lowest BCUT2D eigenvalue weighted by atomic mass is 10.2. The third-order valence-electron chi connectivity index (χ3n) is 2.94. The van der Waals surface area contributed by atoms with Crippen LogP contribution in [0.2, 0.25) is 0 Å². The number of aromatic nitrogens is 1. The zero-order chi connectivity index (χ0) is 16.8. The summed E-state index contributed by atoms with van der Waals surface area (Å²) in [6.07, 6.45) is 1.57. The summed E-state index contributed by atoms with van der Waals surface area (Å²) < 4.78 is 18.7. The molecule has 1 amide bonds. The number of thiazole rings is 1. The SMILES string of the molecule is O=C(NP(=O)(Nc1nccs1)Oc1ccccc1)c1ccccc1. The second kappa shape index (κ2) is 7.29. The van der Waals surface area contributed by atoms with Crippen LogP contribution in [0.25, 0.3) is 0 Å². The molecule has 0 saturated heterocycles. The highest BCUT2D eigenvalue weighted by Crippen LogP contribution is 2.43. The summed E-state index contributed by atoms with van der Waals surface area (Å²) in [5, 5.41) is 7.26. The third-order valence-corrected chi connectivity index (χ3v) is 5.25. The molecule has 6 nitrogen and oxygen atoms in total. The number of nitrogens with one attached hydrogen (secondary N) is 2. The van der Waals surface area contributed by atoms with E-state index < -0.39 is 13.6 Å². The number of hydrogen-bond donors (Lipinski definition) is 2. The van der Waals surface area contributed by atoms with Gasteiger partial charge >= 0.3 is 7.67 Å². The Morgan fingerprint density at radius 2 is 1.71 bits per heavy atom. The summed E-state index contributed by atoms with van der Waals surface area (Å²) in [4.78, 5) is 16.4. The number of carbonyl (C=O) groups excluding carboxylic acids is 1. The Labute approximate surface area is 143 Å². The minimum atomic E-state index is -3.75. The van der Waals surface area contributed by atoms with Crippen LogP contribution >= 0.6 is 19.0 Å². The molecule has 0 saturated carbocycles. The van der Waals surface area contributed by atoms with Gasteiger partial charge in [0.05, 0.1) is 0 Å². The standard InChI is InChI=1S/C16H14N3O3PS/c20-15(13-7-3-1-4-8-13)18-23(21,19-16-17-11-12-24-16)22-14-9-5-2-6-10-14/h1-12H,(H2,17,18,19,20,21). The number of para-hydroxylation sites is 1. The van der Waals surface area contributed by atoms with Crippen molar-refractivity contribution in [3.63, 3.8) is 0 Å². The predicted molar refractivity (Wildman–Crippen MR) is 94.3 cm³/mol. The molecule has 24 heavy (non-hydrogen) atoms. The number of nitrogens with zero attached hydrogens (tertiary/aromatic N) is 1. The summed E-state index contributed by atoms with van der Waals surface area (Å²) >= 11 is 1.26. The Morgan fingerprint density at radius 1 is 1.04 bits per heavy atom. The average Bonchev–Trinajstić information content (AvgIpc) is 3.09. The number of amides is 1. The molecule has 3 rings (SSSR count). The molecule has 1 unspecified atom stereocenters. The monoisotopic (exact) mass is 359 g/mol. The molecule has 8 heteroatoms. The van der Waals surface area contributed by atoms with Crippen LogP contribution in [0.15, 0.2) is 72.2 Å². The van der Waals surface area contributed by atoms with Crippen molar-refractivity contribution in [3.8, 4) is 5.75 Å². The van der Waals surface area contributed by atoms with Crippen LogP contribution < -0.4 is 14.7 Å². The first-order valence-electron chi connectivity index (χ1n) is 7.05. The smallest absolute Gasteiger partial charge is 0.414 e. The number of rotatable bonds is 6. The second-order valence-electron chi connectivity index (χ2n) is 4.71. The predicted octanol–water partition coefficient (Wildman–Crippen LogP) is 4.17. The van der Waals surface area contributed by atoms with E-state index in [2.05, 4.69) is 15.2 Å². The molecule has 0 fully saturated rings. The van der Waals surface area contributed by atoms with E-state index in [0.717, 1.165) is 0 Å². The van der Waals surface area contributed by atoms with Crippen LogP contribution in [0.4, 0.5) is 5.13 Å². The Morgan fingerprint density at radius 3 is 2.33 bits per heavy atom. The molecule has 0 radical (unpaired) electrons. The van der Waals surface area contributed by atoms with Crippen molar-refractivity contribution < 1.29 is 13.9 Å². The lowest BCUT2D eigenvalue weighted by Gasteiger charge is -2.20. The van der Waals surface area contributed by atoms with Crippen molar-refractivity contribution >= 4 is 30.0 Å². The summed E-state index contributed by atoms with van der Waals surface area (Å²) in [5.41, 5.74) is 0.385. The zero-order valence-electron chi connectivity index (χ0n) is 12.5. The third kappa shape index (κ3) is 4.22. The van der Waals surface area contributed by atoms with Gasteiger partial charge in [0.25, 0.3) is 5.91 Å². The molecule has 0 aliphatic heterocycles. The number of benzene rings is 2. The molecule has 0 spiro atoms. The van der Waals surface area contributed by atoms with Gasteiger partial charge < -0.3 is 4.52 Å². The van der Waals surface area contributed by atoms with Crippen LogP contribution in [0.3, 0.4) is 0 Å². The molecule has 0 aliphatic rings. The molecule has 122 valence electrons. The number of anilines is 1. The van der Waals surface area contributed by atoms with Crippen molar-refractivity contribution in [2.45, 2.75) is 0 Å². The molecule has 0 bridgehead atoms. The number of hydrogen-bond acceptors (Lipinski definition) is 5. The summed E-state index contributed by atoms with van der Waals surface area (Å²) in [5.74, 6) is -0.128. The van der Waals surface area contributed by atoms with Crippen LogP contribution in [0, 0.1) is 0 Å². The second-order valence-corrected chi connectivity index (χ2v) is 7.34. The molecule has 2 aromatic carbocycles. The highest BCUT2D eigenvalue weighted by molar-refractivity contribution is 7.60. The van der Waals surface area contributed by atoms with E-state index in [9.17, 15) is 9.36 Å². The minimum Gasteiger partial charge on any atom is -0.414 e.